The molecule has 0 unspecified atom stereocenters. The maximum absolute atomic E-state index is 11.0. The van der Waals surface area contributed by atoms with Gasteiger partial charge in [0, 0.05) is 4.47 Å². The van der Waals surface area contributed by atoms with Crippen LogP contribution in [-0.2, 0) is 4.74 Å². The molecular weight excluding hydrogens is 310 g/mol. The highest BCUT2D eigenvalue weighted by molar-refractivity contribution is 9.10. The average Bonchev–Trinajstić information content (AvgIpc) is 2.43. The van der Waals surface area contributed by atoms with Crippen molar-refractivity contribution in [1.29, 1.82) is 0 Å². The minimum atomic E-state index is -0.520. The van der Waals surface area contributed by atoms with Crippen LogP contribution in [0.4, 0.5) is 22.0 Å². The predicted octanol–water partition coefficient (Wildman–Crippen LogP) is 3.77. The molecule has 0 saturated carbocycles. The summed E-state index contributed by atoms with van der Waals surface area (Å²) in [6.07, 6.45) is 1.03. The third kappa shape index (κ3) is 3.69. The summed E-state index contributed by atoms with van der Waals surface area (Å²) in [5.41, 5.74) is 1.49. The molecule has 98 valence electrons. The van der Waals surface area contributed by atoms with Gasteiger partial charge in [-0.3, -0.25) is 5.32 Å². The first kappa shape index (κ1) is 13.4. The SMILES string of the molecule is COC(=O)Nc1ccc(Nc2ccccc2Br)nc1. The van der Waals surface area contributed by atoms with E-state index in [-0.39, 0.29) is 0 Å². The Morgan fingerprint density at radius 1 is 1.26 bits per heavy atom. The predicted molar refractivity (Wildman–Crippen MR) is 77.7 cm³/mol. The number of pyridine rings is 1. The van der Waals surface area contributed by atoms with E-state index in [0.29, 0.717) is 11.5 Å². The largest absolute Gasteiger partial charge is 0.453 e. The van der Waals surface area contributed by atoms with Crippen LogP contribution >= 0.6 is 15.9 Å². The van der Waals surface area contributed by atoms with Crippen molar-refractivity contribution >= 4 is 39.2 Å². The number of rotatable bonds is 3. The summed E-state index contributed by atoms with van der Waals surface area (Å²) in [4.78, 5) is 15.2. The molecule has 6 heteroatoms. The Morgan fingerprint density at radius 3 is 2.68 bits per heavy atom. The second-order valence-electron chi connectivity index (χ2n) is 3.65. The van der Waals surface area contributed by atoms with E-state index in [4.69, 9.17) is 0 Å². The molecule has 0 aliphatic heterocycles. The van der Waals surface area contributed by atoms with E-state index < -0.39 is 6.09 Å². The van der Waals surface area contributed by atoms with Gasteiger partial charge in [-0.05, 0) is 40.2 Å². The van der Waals surface area contributed by atoms with Crippen molar-refractivity contribution in [1.82, 2.24) is 4.98 Å². The van der Waals surface area contributed by atoms with Gasteiger partial charge in [0.05, 0.1) is 24.7 Å². The number of para-hydroxylation sites is 1. The number of aromatic nitrogens is 1. The van der Waals surface area contributed by atoms with Crippen LogP contribution in [0.5, 0.6) is 0 Å². The Balaban J connectivity index is 2.07. The Labute approximate surface area is 119 Å². The topological polar surface area (TPSA) is 63.2 Å². The van der Waals surface area contributed by atoms with Crippen LogP contribution in [0.3, 0.4) is 0 Å². The highest BCUT2D eigenvalue weighted by Crippen LogP contribution is 2.24. The Morgan fingerprint density at radius 2 is 2.05 bits per heavy atom. The molecule has 5 nitrogen and oxygen atoms in total. The van der Waals surface area contributed by atoms with Crippen molar-refractivity contribution in [3.05, 3.63) is 47.1 Å². The van der Waals surface area contributed by atoms with Crippen molar-refractivity contribution in [3.63, 3.8) is 0 Å². The Bertz CT molecular complexity index is 572. The molecule has 0 bridgehead atoms. The summed E-state index contributed by atoms with van der Waals surface area (Å²) in [6, 6.07) is 11.3. The zero-order valence-electron chi connectivity index (χ0n) is 10.2. The fourth-order valence-corrected chi connectivity index (χ4v) is 1.80. The molecule has 1 aromatic carbocycles. The van der Waals surface area contributed by atoms with Crippen LogP contribution in [0.1, 0.15) is 0 Å². The molecule has 0 fully saturated rings. The number of benzene rings is 1. The summed E-state index contributed by atoms with van der Waals surface area (Å²) in [6.45, 7) is 0. The molecule has 1 aromatic heterocycles. The number of carbonyl (C=O) groups is 1. The zero-order chi connectivity index (χ0) is 13.7. The average molecular weight is 322 g/mol. The van der Waals surface area contributed by atoms with Gasteiger partial charge in [-0.1, -0.05) is 12.1 Å². The van der Waals surface area contributed by atoms with Gasteiger partial charge >= 0.3 is 6.09 Å². The lowest BCUT2D eigenvalue weighted by atomic mass is 10.3. The van der Waals surface area contributed by atoms with Crippen LogP contribution < -0.4 is 10.6 Å². The van der Waals surface area contributed by atoms with Crippen LogP contribution in [0.15, 0.2) is 47.1 Å². The minimum absolute atomic E-state index is 0.520. The third-order valence-electron chi connectivity index (χ3n) is 2.33. The zero-order valence-corrected chi connectivity index (χ0v) is 11.8. The number of nitrogens with zero attached hydrogens (tertiary/aromatic N) is 1. The maximum atomic E-state index is 11.0. The van der Waals surface area contributed by atoms with Crippen molar-refractivity contribution < 1.29 is 9.53 Å². The number of amides is 1. The molecule has 19 heavy (non-hydrogen) atoms. The molecule has 0 radical (unpaired) electrons. The summed E-state index contributed by atoms with van der Waals surface area (Å²) >= 11 is 3.45. The fraction of sp³-hybridized carbons (Fsp3) is 0.0769. The van der Waals surface area contributed by atoms with Crippen molar-refractivity contribution in [3.8, 4) is 0 Å². The number of carbonyl (C=O) groups excluding carboxylic acids is 1. The van der Waals surface area contributed by atoms with Crippen LogP contribution in [0, 0.1) is 0 Å². The molecule has 0 saturated heterocycles. The van der Waals surface area contributed by atoms with Gasteiger partial charge in [0.2, 0.25) is 0 Å². The van der Waals surface area contributed by atoms with Gasteiger partial charge in [0.25, 0.3) is 0 Å². The fourth-order valence-electron chi connectivity index (χ4n) is 1.41. The molecular formula is C13H12BrN3O2. The molecule has 2 rings (SSSR count). The Kier molecular flexibility index (Phi) is 4.35. The minimum Gasteiger partial charge on any atom is -0.453 e. The first-order valence-corrected chi connectivity index (χ1v) is 6.31. The van der Waals surface area contributed by atoms with Gasteiger partial charge in [-0.25, -0.2) is 9.78 Å². The van der Waals surface area contributed by atoms with Gasteiger partial charge in [-0.15, -0.1) is 0 Å². The standard InChI is InChI=1S/C13H12BrN3O2/c1-19-13(18)16-9-6-7-12(15-8-9)17-11-5-3-2-4-10(11)14/h2-8H,1H3,(H,15,17)(H,16,18). The lowest BCUT2D eigenvalue weighted by molar-refractivity contribution is 0.187. The molecule has 1 amide bonds. The normalized spacial score (nSPS) is 9.79. The third-order valence-corrected chi connectivity index (χ3v) is 3.02. The smallest absolute Gasteiger partial charge is 0.411 e. The first-order valence-electron chi connectivity index (χ1n) is 5.51. The number of nitrogens with one attached hydrogen (secondary N) is 2. The molecule has 1 heterocycles. The number of methoxy groups -OCH3 is 1. The van der Waals surface area contributed by atoms with Crippen molar-refractivity contribution in [2.24, 2.45) is 0 Å². The Hall–Kier alpha value is -2.08. The number of anilines is 3. The lowest BCUT2D eigenvalue weighted by Gasteiger charge is -2.08. The second kappa shape index (κ2) is 6.19. The van der Waals surface area contributed by atoms with Gasteiger partial charge < -0.3 is 10.1 Å². The van der Waals surface area contributed by atoms with E-state index in [1.54, 1.807) is 18.3 Å². The molecule has 0 aliphatic rings. The summed E-state index contributed by atoms with van der Waals surface area (Å²) in [5.74, 6) is 0.683. The van der Waals surface area contributed by atoms with Crippen LogP contribution in [0.25, 0.3) is 0 Å². The molecule has 2 aromatic rings. The molecule has 0 spiro atoms. The van der Waals surface area contributed by atoms with Gasteiger partial charge in [0.1, 0.15) is 5.82 Å². The van der Waals surface area contributed by atoms with Crippen LogP contribution in [-0.4, -0.2) is 18.2 Å². The highest BCUT2D eigenvalue weighted by atomic mass is 79.9. The lowest BCUT2D eigenvalue weighted by Crippen LogP contribution is -2.11. The number of ether oxygens (including phenoxy) is 1. The van der Waals surface area contributed by atoms with Crippen LogP contribution in [0.2, 0.25) is 0 Å². The van der Waals surface area contributed by atoms with Gasteiger partial charge in [0.15, 0.2) is 0 Å². The summed E-state index contributed by atoms with van der Waals surface area (Å²) < 4.78 is 5.45. The number of halogens is 1. The highest BCUT2D eigenvalue weighted by Gasteiger charge is 2.02. The van der Waals surface area contributed by atoms with E-state index in [2.05, 4.69) is 36.3 Å². The van der Waals surface area contributed by atoms with E-state index in [0.717, 1.165) is 10.2 Å². The van der Waals surface area contributed by atoms with Crippen molar-refractivity contribution in [2.45, 2.75) is 0 Å². The van der Waals surface area contributed by atoms with Gasteiger partial charge in [-0.2, -0.15) is 0 Å². The van der Waals surface area contributed by atoms with E-state index in [1.165, 1.54) is 7.11 Å². The van der Waals surface area contributed by atoms with E-state index in [1.807, 2.05) is 24.3 Å². The quantitative estimate of drug-likeness (QED) is 0.903. The van der Waals surface area contributed by atoms with E-state index >= 15 is 0 Å². The van der Waals surface area contributed by atoms with E-state index in [9.17, 15) is 4.79 Å². The monoisotopic (exact) mass is 321 g/mol. The molecule has 0 atom stereocenters. The van der Waals surface area contributed by atoms with Crippen molar-refractivity contribution in [2.75, 3.05) is 17.7 Å². The molecule has 2 N–H and O–H groups in total. The number of hydrogen-bond donors (Lipinski definition) is 2. The summed E-state index contributed by atoms with van der Waals surface area (Å²) in [7, 11) is 1.31. The number of hydrogen-bond acceptors (Lipinski definition) is 4. The second-order valence-corrected chi connectivity index (χ2v) is 4.51. The first-order chi connectivity index (χ1) is 9.19. The maximum Gasteiger partial charge on any atom is 0.411 e. The molecule has 0 aliphatic carbocycles. The summed E-state index contributed by atoms with van der Waals surface area (Å²) in [5, 5.41) is 5.70.